The predicted octanol–water partition coefficient (Wildman–Crippen LogP) is 8.55. The third-order valence-corrected chi connectivity index (χ3v) is 12.7. The largest absolute Gasteiger partial charge is 0.465 e. The quantitative estimate of drug-likeness (QED) is 0.308. The molecule has 0 radical (unpaired) electrons. The van der Waals surface area contributed by atoms with Crippen LogP contribution >= 0.6 is 0 Å². The van der Waals surface area contributed by atoms with Crippen LogP contribution in [0.3, 0.4) is 0 Å². The van der Waals surface area contributed by atoms with Gasteiger partial charge in [-0.1, -0.05) is 60.5 Å². The van der Waals surface area contributed by atoms with E-state index in [1.165, 1.54) is 18.9 Å². The van der Waals surface area contributed by atoms with Crippen LogP contribution in [0.25, 0.3) is 0 Å². The Kier molecular flexibility index (Phi) is 8.02. The maximum atomic E-state index is 12.9. The van der Waals surface area contributed by atoms with Crippen LogP contribution in [0.5, 0.6) is 0 Å². The Morgan fingerprint density at radius 3 is 2.41 bits per heavy atom. The van der Waals surface area contributed by atoms with Gasteiger partial charge in [-0.3, -0.25) is 4.79 Å². The first kappa shape index (κ1) is 30.3. The minimum atomic E-state index is -0.176. The Balaban J connectivity index is 1.65. The molecule has 1 unspecified atom stereocenters. The molecule has 1 aromatic rings. The molecule has 0 N–H and O–H groups in total. The Morgan fingerprint density at radius 2 is 1.79 bits per heavy atom. The monoisotopic (exact) mass is 541 g/mol. The summed E-state index contributed by atoms with van der Waals surface area (Å²) in [7, 11) is 0. The summed E-state index contributed by atoms with van der Waals surface area (Å²) in [6, 6.07) is 0. The van der Waals surface area contributed by atoms with Gasteiger partial charge in [0.1, 0.15) is 11.5 Å². The van der Waals surface area contributed by atoms with Crippen LogP contribution in [0, 0.1) is 44.8 Å². The first-order chi connectivity index (χ1) is 18.0. The van der Waals surface area contributed by atoms with Crippen LogP contribution in [0.15, 0.2) is 10.7 Å². The highest BCUT2D eigenvalue weighted by Crippen LogP contribution is 2.68. The number of hydrogen-bond donors (Lipinski definition) is 0. The molecule has 0 aromatic carbocycles. The van der Waals surface area contributed by atoms with E-state index < -0.39 is 0 Å². The maximum Gasteiger partial charge on any atom is 0.302 e. The molecule has 1 aromatic heterocycles. The highest BCUT2D eigenvalue weighted by molar-refractivity contribution is 5.76. The van der Waals surface area contributed by atoms with E-state index in [1.807, 2.05) is 6.20 Å². The summed E-state index contributed by atoms with van der Waals surface area (Å²) in [5.74, 6) is 2.77. The van der Waals surface area contributed by atoms with E-state index in [4.69, 9.17) is 9.26 Å². The average molecular weight is 542 g/mol. The van der Waals surface area contributed by atoms with Crippen LogP contribution in [0.1, 0.15) is 138 Å². The lowest BCUT2D eigenvalue weighted by Crippen LogP contribution is -2.58. The molecule has 2 fully saturated rings. The van der Waals surface area contributed by atoms with Gasteiger partial charge in [-0.15, -0.1) is 0 Å². The molecule has 2 saturated carbocycles. The number of nitrogens with zero attached hydrogens (tertiary/aromatic N) is 1. The van der Waals surface area contributed by atoms with Gasteiger partial charge in [0.15, 0.2) is 0 Å². The number of Topliss-reactive ketones (excluding diaryl/α,β-unsaturated/α-hetero) is 1. The summed E-state index contributed by atoms with van der Waals surface area (Å²) in [6.07, 6.45) is 11.3. The van der Waals surface area contributed by atoms with Crippen molar-refractivity contribution in [2.75, 3.05) is 6.61 Å². The topological polar surface area (TPSA) is 69.4 Å². The number of esters is 1. The molecule has 0 bridgehead atoms. The highest BCUT2D eigenvalue weighted by Gasteiger charge is 2.61. The molecule has 4 rings (SSSR count). The van der Waals surface area contributed by atoms with E-state index in [2.05, 4.69) is 60.5 Å². The van der Waals surface area contributed by atoms with Gasteiger partial charge in [0.25, 0.3) is 0 Å². The van der Waals surface area contributed by atoms with Crippen molar-refractivity contribution < 1.29 is 18.8 Å². The van der Waals surface area contributed by atoms with Gasteiger partial charge >= 0.3 is 5.97 Å². The molecule has 0 spiro atoms. The SMILES string of the molecule is CC(=O)C[C@@H]1[C@@]2(C)Cc3cnoc3[C@@H](C)[C@@H]2CC[C@@]1(C)C(C)(C)CC[C@@]1(COC(C)=O)CCC(C)(C)CC1C. The Labute approximate surface area is 237 Å². The minimum absolute atomic E-state index is 0.0120. The van der Waals surface area contributed by atoms with Crippen molar-refractivity contribution in [3.05, 3.63) is 17.5 Å². The summed E-state index contributed by atoms with van der Waals surface area (Å²) in [5, 5.41) is 4.17. The number of fused-ring (bicyclic) bond motifs is 2. The lowest BCUT2D eigenvalue weighted by Gasteiger charge is -2.64. The minimum Gasteiger partial charge on any atom is -0.465 e. The van der Waals surface area contributed by atoms with Crippen LogP contribution in [-0.4, -0.2) is 23.5 Å². The first-order valence-electron chi connectivity index (χ1n) is 15.5. The third-order valence-electron chi connectivity index (χ3n) is 12.7. The van der Waals surface area contributed by atoms with Crippen molar-refractivity contribution in [2.24, 2.45) is 44.8 Å². The van der Waals surface area contributed by atoms with Crippen LogP contribution in [0.4, 0.5) is 0 Å². The van der Waals surface area contributed by atoms with Gasteiger partial charge in [-0.2, -0.15) is 0 Å². The van der Waals surface area contributed by atoms with Gasteiger partial charge < -0.3 is 14.1 Å². The number of ketones is 1. The number of carbonyl (C=O) groups is 2. The average Bonchev–Trinajstić information content (AvgIpc) is 3.28. The molecule has 0 aliphatic heterocycles. The van der Waals surface area contributed by atoms with Gasteiger partial charge in [-0.25, -0.2) is 0 Å². The Hall–Kier alpha value is -1.65. The molecule has 0 amide bonds. The predicted molar refractivity (Wildman–Crippen MR) is 155 cm³/mol. The van der Waals surface area contributed by atoms with E-state index in [0.29, 0.717) is 42.0 Å². The highest BCUT2D eigenvalue weighted by atomic mass is 16.5. The molecule has 220 valence electrons. The summed E-state index contributed by atoms with van der Waals surface area (Å²) < 4.78 is 11.5. The van der Waals surface area contributed by atoms with Crippen molar-refractivity contribution in [1.82, 2.24) is 5.16 Å². The molecular formula is C34H55NO4. The second-order valence-corrected chi connectivity index (χ2v) is 16.0. The van der Waals surface area contributed by atoms with Gasteiger partial charge in [0, 0.05) is 30.2 Å². The third kappa shape index (κ3) is 5.37. The molecule has 3 aliphatic carbocycles. The second-order valence-electron chi connectivity index (χ2n) is 16.0. The summed E-state index contributed by atoms with van der Waals surface area (Å²) in [6.45, 7) is 23.1. The molecular weight excluding hydrogens is 486 g/mol. The van der Waals surface area contributed by atoms with E-state index in [9.17, 15) is 9.59 Å². The normalized spacial score (nSPS) is 38.0. The zero-order chi connectivity index (χ0) is 29.0. The van der Waals surface area contributed by atoms with Gasteiger partial charge in [-0.05, 0) is 97.7 Å². The number of rotatable bonds is 8. The van der Waals surface area contributed by atoms with E-state index >= 15 is 0 Å². The smallest absolute Gasteiger partial charge is 0.302 e. The van der Waals surface area contributed by atoms with Crippen molar-refractivity contribution >= 4 is 11.8 Å². The number of carbonyl (C=O) groups excluding carboxylic acids is 2. The van der Waals surface area contributed by atoms with Gasteiger partial charge in [0.05, 0.1) is 12.8 Å². The Morgan fingerprint density at radius 1 is 1.10 bits per heavy atom. The molecule has 0 saturated heterocycles. The standard InChI is InChI=1S/C34H55NO4/c1-22-18-30(5,6)13-15-34(22,21-38-25(4)37)16-14-31(7,8)33(10)12-11-27-24(3)29-26(20-35-39-29)19-32(27,9)28(33)17-23(2)36/h20,22,24,27-28H,11-19,21H2,1-10H3/t22?,24-,27-,28+,32-,33+,34+/m0/s1. The number of hydrogen-bond acceptors (Lipinski definition) is 5. The molecule has 1 heterocycles. The first-order valence-corrected chi connectivity index (χ1v) is 15.5. The van der Waals surface area contributed by atoms with E-state index in [0.717, 1.165) is 50.7 Å². The van der Waals surface area contributed by atoms with Crippen molar-refractivity contribution in [3.8, 4) is 0 Å². The van der Waals surface area contributed by atoms with Crippen LogP contribution in [0.2, 0.25) is 0 Å². The fourth-order valence-corrected chi connectivity index (χ4v) is 9.68. The van der Waals surface area contributed by atoms with Crippen LogP contribution in [-0.2, 0) is 20.7 Å². The lowest BCUT2D eigenvalue weighted by atomic mass is 9.40. The summed E-state index contributed by atoms with van der Waals surface area (Å²) in [4.78, 5) is 24.8. The fraction of sp³-hybridized carbons (Fsp3) is 0.853. The zero-order valence-corrected chi connectivity index (χ0v) is 26.5. The van der Waals surface area contributed by atoms with E-state index in [-0.39, 0.29) is 33.5 Å². The number of ether oxygens (including phenoxy) is 1. The molecule has 5 nitrogen and oxygen atoms in total. The summed E-state index contributed by atoms with van der Waals surface area (Å²) >= 11 is 0. The Bertz CT molecular complexity index is 1070. The molecule has 7 atom stereocenters. The van der Waals surface area contributed by atoms with Crippen molar-refractivity contribution in [1.29, 1.82) is 0 Å². The lowest BCUT2D eigenvalue weighted by molar-refractivity contribution is -0.154. The molecule has 39 heavy (non-hydrogen) atoms. The second kappa shape index (κ2) is 10.3. The zero-order valence-electron chi connectivity index (χ0n) is 26.5. The fourth-order valence-electron chi connectivity index (χ4n) is 9.68. The number of aromatic nitrogens is 1. The summed E-state index contributed by atoms with van der Waals surface area (Å²) in [5.41, 5.74) is 1.64. The van der Waals surface area contributed by atoms with Crippen molar-refractivity contribution in [3.63, 3.8) is 0 Å². The van der Waals surface area contributed by atoms with Crippen molar-refractivity contribution in [2.45, 2.75) is 133 Å². The van der Waals surface area contributed by atoms with E-state index in [1.54, 1.807) is 6.92 Å². The maximum absolute atomic E-state index is 12.9. The van der Waals surface area contributed by atoms with Gasteiger partial charge in [0.2, 0.25) is 0 Å². The molecule has 3 aliphatic rings. The molecule has 5 heteroatoms. The van der Waals surface area contributed by atoms with Crippen LogP contribution < -0.4 is 0 Å².